The average Bonchev–Trinajstić information content (AvgIpc) is 3.39. The maximum Gasteiger partial charge on any atom is 0.298 e. The van der Waals surface area contributed by atoms with Gasteiger partial charge in [0.1, 0.15) is 0 Å². The lowest BCUT2D eigenvalue weighted by Crippen LogP contribution is -2.43. The molecule has 0 bridgehead atoms. The van der Waals surface area contributed by atoms with E-state index in [9.17, 15) is 4.79 Å². The number of fused-ring (bicyclic) bond motifs is 1. The van der Waals surface area contributed by atoms with E-state index in [-0.39, 0.29) is 11.7 Å². The molecule has 1 aromatic carbocycles. The number of anilines is 3. The van der Waals surface area contributed by atoms with Gasteiger partial charge in [0.15, 0.2) is 11.5 Å². The van der Waals surface area contributed by atoms with Gasteiger partial charge in [-0.3, -0.25) is 9.78 Å². The Balaban J connectivity index is 1.30. The molecule has 1 amide bonds. The van der Waals surface area contributed by atoms with Gasteiger partial charge in [0.2, 0.25) is 5.76 Å². The minimum Gasteiger partial charge on any atom is -0.493 e. The molecule has 34 heavy (non-hydrogen) atoms. The highest BCUT2D eigenvalue weighted by atomic mass is 16.5. The number of methoxy groups -OCH3 is 2. The van der Waals surface area contributed by atoms with Crippen molar-refractivity contribution in [2.75, 3.05) is 62.1 Å². The Morgan fingerprint density at radius 1 is 1.06 bits per heavy atom. The van der Waals surface area contributed by atoms with Crippen LogP contribution in [0.4, 0.5) is 17.4 Å². The maximum absolute atomic E-state index is 12.9. The number of benzene rings is 1. The standard InChI is InChI=1S/C24H28N6O4/c1-32-20-11-16-4-8-30(15-17(16)12-21(20)33-2)24-27-14-22(34-24)23(31)28-18-13-26-5-3-19(18)29-9-6-25-7-10-29/h3,5,11-14,25H,4,6-10,15H2,1-2H3,(H,28,31). The number of carbonyl (C=O) groups is 1. The normalized spacial score (nSPS) is 15.6. The first-order valence-corrected chi connectivity index (χ1v) is 11.3. The molecule has 0 spiro atoms. The predicted molar refractivity (Wildman–Crippen MR) is 128 cm³/mol. The number of hydrogen-bond donors (Lipinski definition) is 2. The monoisotopic (exact) mass is 464 g/mol. The van der Waals surface area contributed by atoms with E-state index >= 15 is 0 Å². The lowest BCUT2D eigenvalue weighted by molar-refractivity contribution is 0.0997. The van der Waals surface area contributed by atoms with Crippen molar-refractivity contribution in [2.45, 2.75) is 13.0 Å². The molecule has 178 valence electrons. The van der Waals surface area contributed by atoms with Crippen LogP contribution in [0.2, 0.25) is 0 Å². The fourth-order valence-corrected chi connectivity index (χ4v) is 4.41. The summed E-state index contributed by atoms with van der Waals surface area (Å²) >= 11 is 0. The maximum atomic E-state index is 12.9. The zero-order valence-electron chi connectivity index (χ0n) is 19.3. The van der Waals surface area contributed by atoms with Gasteiger partial charge in [-0.15, -0.1) is 0 Å². The van der Waals surface area contributed by atoms with E-state index < -0.39 is 0 Å². The average molecular weight is 465 g/mol. The van der Waals surface area contributed by atoms with Gasteiger partial charge in [0.25, 0.3) is 11.9 Å². The van der Waals surface area contributed by atoms with Crippen LogP contribution in [-0.2, 0) is 13.0 Å². The van der Waals surface area contributed by atoms with Gasteiger partial charge in [-0.1, -0.05) is 0 Å². The molecule has 2 N–H and O–H groups in total. The Bertz CT molecular complexity index is 1170. The molecular weight excluding hydrogens is 436 g/mol. The Hall–Kier alpha value is -3.79. The van der Waals surface area contributed by atoms with Crippen molar-refractivity contribution < 1.29 is 18.7 Å². The summed E-state index contributed by atoms with van der Waals surface area (Å²) < 4.78 is 16.7. The van der Waals surface area contributed by atoms with Crippen LogP contribution in [0.25, 0.3) is 0 Å². The second kappa shape index (κ2) is 9.60. The van der Waals surface area contributed by atoms with Crippen LogP contribution < -0.4 is 29.9 Å². The first-order valence-electron chi connectivity index (χ1n) is 11.3. The summed E-state index contributed by atoms with van der Waals surface area (Å²) in [6, 6.07) is 6.33. The number of nitrogens with one attached hydrogen (secondary N) is 2. The highest BCUT2D eigenvalue weighted by Crippen LogP contribution is 2.34. The molecule has 4 heterocycles. The van der Waals surface area contributed by atoms with Gasteiger partial charge in [-0.05, 0) is 35.7 Å². The first-order chi connectivity index (χ1) is 16.7. The second-order valence-electron chi connectivity index (χ2n) is 8.24. The van der Waals surface area contributed by atoms with Crippen LogP contribution in [0.1, 0.15) is 21.7 Å². The number of nitrogens with zero attached hydrogens (tertiary/aromatic N) is 4. The van der Waals surface area contributed by atoms with Crippen molar-refractivity contribution in [2.24, 2.45) is 0 Å². The van der Waals surface area contributed by atoms with Gasteiger partial charge < -0.3 is 34.3 Å². The van der Waals surface area contributed by atoms with Crippen LogP contribution in [0.3, 0.4) is 0 Å². The summed E-state index contributed by atoms with van der Waals surface area (Å²) in [4.78, 5) is 25.7. The number of rotatable bonds is 6. The minimum absolute atomic E-state index is 0.156. The Morgan fingerprint density at radius 2 is 1.82 bits per heavy atom. The Labute approximate surface area is 197 Å². The van der Waals surface area contributed by atoms with Crippen LogP contribution >= 0.6 is 0 Å². The minimum atomic E-state index is -0.355. The molecule has 5 rings (SSSR count). The van der Waals surface area contributed by atoms with E-state index in [1.807, 2.05) is 23.1 Å². The van der Waals surface area contributed by atoms with Gasteiger partial charge in [-0.2, -0.15) is 0 Å². The Kier molecular flexibility index (Phi) is 6.22. The van der Waals surface area contributed by atoms with Crippen LogP contribution in [0, 0.1) is 0 Å². The summed E-state index contributed by atoms with van der Waals surface area (Å²) in [5, 5.41) is 6.27. The number of carbonyl (C=O) groups excluding carboxylic acids is 1. The summed E-state index contributed by atoms with van der Waals surface area (Å²) in [6.45, 7) is 4.86. The molecular formula is C24H28N6O4. The molecule has 1 saturated heterocycles. The van der Waals surface area contributed by atoms with E-state index in [1.165, 1.54) is 11.8 Å². The van der Waals surface area contributed by atoms with Crippen LogP contribution in [-0.4, -0.2) is 62.8 Å². The second-order valence-corrected chi connectivity index (χ2v) is 8.24. The van der Waals surface area contributed by atoms with Crippen molar-refractivity contribution >= 4 is 23.3 Å². The highest BCUT2D eigenvalue weighted by Gasteiger charge is 2.24. The van der Waals surface area contributed by atoms with Gasteiger partial charge in [-0.25, -0.2) is 4.98 Å². The van der Waals surface area contributed by atoms with Crippen molar-refractivity contribution in [1.29, 1.82) is 0 Å². The topological polar surface area (TPSA) is 105 Å². The Morgan fingerprint density at radius 3 is 2.59 bits per heavy atom. The van der Waals surface area contributed by atoms with E-state index in [4.69, 9.17) is 13.9 Å². The number of hydrogen-bond acceptors (Lipinski definition) is 9. The van der Waals surface area contributed by atoms with Crippen molar-refractivity contribution in [3.8, 4) is 11.5 Å². The first kappa shape index (κ1) is 22.0. The van der Waals surface area contributed by atoms with E-state index in [2.05, 4.69) is 25.5 Å². The van der Waals surface area contributed by atoms with Crippen molar-refractivity contribution in [1.82, 2.24) is 15.3 Å². The molecule has 2 aliphatic heterocycles. The third-order valence-corrected chi connectivity index (χ3v) is 6.21. The van der Waals surface area contributed by atoms with Crippen LogP contribution in [0.15, 0.2) is 41.2 Å². The molecule has 2 aliphatic rings. The summed E-state index contributed by atoms with van der Waals surface area (Å²) in [7, 11) is 3.26. The molecule has 0 atom stereocenters. The molecule has 0 saturated carbocycles. The molecule has 0 aliphatic carbocycles. The van der Waals surface area contributed by atoms with Crippen molar-refractivity contribution in [3.05, 3.63) is 53.7 Å². The molecule has 10 nitrogen and oxygen atoms in total. The quantitative estimate of drug-likeness (QED) is 0.569. The van der Waals surface area contributed by atoms with E-state index in [1.54, 1.807) is 26.6 Å². The van der Waals surface area contributed by atoms with Gasteiger partial charge >= 0.3 is 0 Å². The number of aromatic nitrogens is 2. The number of pyridine rings is 1. The SMILES string of the molecule is COc1cc2c(cc1OC)CN(c1ncc(C(=O)Nc3cnccc3N3CCNCC3)o1)CC2. The lowest BCUT2D eigenvalue weighted by Gasteiger charge is -2.30. The molecule has 2 aromatic heterocycles. The third kappa shape index (κ3) is 4.36. The van der Waals surface area contributed by atoms with Crippen LogP contribution in [0.5, 0.6) is 11.5 Å². The number of oxazole rings is 1. The number of ether oxygens (including phenoxy) is 2. The van der Waals surface area contributed by atoms with Crippen molar-refractivity contribution in [3.63, 3.8) is 0 Å². The largest absolute Gasteiger partial charge is 0.493 e. The summed E-state index contributed by atoms with van der Waals surface area (Å²) in [5.41, 5.74) is 3.92. The predicted octanol–water partition coefficient (Wildman–Crippen LogP) is 2.31. The van der Waals surface area contributed by atoms with E-state index in [0.29, 0.717) is 24.0 Å². The van der Waals surface area contributed by atoms with Gasteiger partial charge in [0, 0.05) is 45.5 Å². The fourth-order valence-electron chi connectivity index (χ4n) is 4.41. The molecule has 0 radical (unpaired) electrons. The highest BCUT2D eigenvalue weighted by molar-refractivity contribution is 6.04. The third-order valence-electron chi connectivity index (χ3n) is 6.21. The molecule has 3 aromatic rings. The summed E-state index contributed by atoms with van der Waals surface area (Å²) in [6.07, 6.45) is 5.67. The zero-order chi connectivity index (χ0) is 23.5. The fraction of sp³-hybridized carbons (Fsp3) is 0.375. The zero-order valence-corrected chi connectivity index (χ0v) is 19.3. The van der Waals surface area contributed by atoms with E-state index in [0.717, 1.165) is 56.1 Å². The number of amides is 1. The molecule has 10 heteroatoms. The summed E-state index contributed by atoms with van der Waals surface area (Å²) in [5.74, 6) is 1.21. The molecule has 1 fully saturated rings. The number of piperazine rings is 1. The molecule has 0 unspecified atom stereocenters. The smallest absolute Gasteiger partial charge is 0.298 e. The lowest BCUT2D eigenvalue weighted by atomic mass is 9.99. The van der Waals surface area contributed by atoms with Gasteiger partial charge in [0.05, 0.1) is 38.0 Å².